The van der Waals surface area contributed by atoms with Crippen molar-refractivity contribution in [2.75, 3.05) is 39.3 Å². The molecule has 3 aromatic rings. The van der Waals surface area contributed by atoms with Gasteiger partial charge in [0.05, 0.1) is 5.56 Å². The SMILES string of the molecule is C=CCN1CCNC(C)C1.O=C(O)c1ccc(CNC2CCN(C(=O)c3cccc(Cc4cccc(O)c4)c3)CC2)cc1. The van der Waals surface area contributed by atoms with Crippen LogP contribution in [0.3, 0.4) is 0 Å². The van der Waals surface area contributed by atoms with Crippen molar-refractivity contribution < 1.29 is 19.8 Å². The first-order chi connectivity index (χ1) is 20.8. The Hall–Kier alpha value is -3.98. The molecule has 8 heteroatoms. The zero-order valence-electron chi connectivity index (χ0n) is 25.0. The summed E-state index contributed by atoms with van der Waals surface area (Å²) in [7, 11) is 0. The molecule has 1 unspecified atom stereocenters. The number of rotatable bonds is 9. The number of nitrogens with zero attached hydrogens (tertiary/aromatic N) is 2. The molecule has 0 aromatic heterocycles. The minimum Gasteiger partial charge on any atom is -0.508 e. The molecule has 0 radical (unpaired) electrons. The lowest BCUT2D eigenvalue weighted by Gasteiger charge is -2.32. The molecule has 1 amide bonds. The van der Waals surface area contributed by atoms with Gasteiger partial charge in [-0.3, -0.25) is 9.69 Å². The fraction of sp³-hybridized carbons (Fsp3) is 0.371. The summed E-state index contributed by atoms with van der Waals surface area (Å²) in [6.07, 6.45) is 4.39. The number of hydrogen-bond donors (Lipinski definition) is 4. The van der Waals surface area contributed by atoms with E-state index < -0.39 is 5.97 Å². The van der Waals surface area contributed by atoms with Crippen molar-refractivity contribution in [2.45, 2.75) is 44.8 Å². The number of hydrogen-bond acceptors (Lipinski definition) is 6. The molecule has 8 nitrogen and oxygen atoms in total. The number of piperazine rings is 1. The molecule has 1 atom stereocenters. The lowest BCUT2D eigenvalue weighted by atomic mass is 10.0. The highest BCUT2D eigenvalue weighted by Gasteiger charge is 2.23. The zero-order valence-corrected chi connectivity index (χ0v) is 25.0. The Labute approximate surface area is 255 Å². The molecule has 4 N–H and O–H groups in total. The summed E-state index contributed by atoms with van der Waals surface area (Å²) in [5.41, 5.74) is 4.07. The maximum atomic E-state index is 13.0. The Morgan fingerprint density at radius 1 is 0.953 bits per heavy atom. The molecule has 3 aromatic carbocycles. The summed E-state index contributed by atoms with van der Waals surface area (Å²) < 4.78 is 0. The number of likely N-dealkylation sites (tertiary alicyclic amines) is 1. The zero-order chi connectivity index (χ0) is 30.6. The highest BCUT2D eigenvalue weighted by atomic mass is 16.4. The van der Waals surface area contributed by atoms with Crippen LogP contribution < -0.4 is 10.6 Å². The number of carbonyl (C=O) groups is 2. The number of phenolic OH excluding ortho intramolecular Hbond substituents is 1. The first kappa shape index (κ1) is 31.9. The van der Waals surface area contributed by atoms with Crippen molar-refractivity contribution in [3.05, 3.63) is 113 Å². The van der Waals surface area contributed by atoms with E-state index in [0.717, 1.165) is 55.7 Å². The second-order valence-electron chi connectivity index (χ2n) is 11.4. The number of aromatic carboxylic acids is 1. The van der Waals surface area contributed by atoms with Crippen LogP contribution in [0, 0.1) is 0 Å². The van der Waals surface area contributed by atoms with E-state index in [1.165, 1.54) is 0 Å². The smallest absolute Gasteiger partial charge is 0.335 e. The molecule has 228 valence electrons. The Morgan fingerprint density at radius 3 is 2.30 bits per heavy atom. The van der Waals surface area contributed by atoms with E-state index in [4.69, 9.17) is 5.11 Å². The molecule has 2 heterocycles. The van der Waals surface area contributed by atoms with Gasteiger partial charge in [0.25, 0.3) is 5.91 Å². The Balaban J connectivity index is 0.000000359. The standard InChI is InChI=1S/C27H28N2O4.C8H16N2/c30-25-6-2-4-21(17-25)15-20-3-1-5-23(16-20)26(31)29-13-11-24(12-14-29)28-18-19-7-9-22(10-8-19)27(32)33;1-3-5-10-6-4-9-8(2)7-10/h1-10,16-17,24,28,30H,11-15,18H2,(H,32,33);3,8-9H,1,4-7H2,2H3. The second kappa shape index (κ2) is 16.0. The number of nitrogens with one attached hydrogen (secondary N) is 2. The Bertz CT molecular complexity index is 1350. The Kier molecular flexibility index (Phi) is 11.9. The third-order valence-corrected chi connectivity index (χ3v) is 7.91. The van der Waals surface area contributed by atoms with Crippen molar-refractivity contribution in [1.82, 2.24) is 20.4 Å². The average Bonchev–Trinajstić information content (AvgIpc) is 3.01. The number of phenols is 1. The van der Waals surface area contributed by atoms with Crippen LogP contribution in [0.5, 0.6) is 5.75 Å². The molecule has 43 heavy (non-hydrogen) atoms. The number of piperidine rings is 1. The number of carboxylic acid groups (broad SMARTS) is 1. The summed E-state index contributed by atoms with van der Waals surface area (Å²) in [4.78, 5) is 28.3. The van der Waals surface area contributed by atoms with E-state index in [2.05, 4.69) is 29.0 Å². The lowest BCUT2D eigenvalue weighted by Crippen LogP contribution is -2.49. The van der Waals surface area contributed by atoms with Crippen LogP contribution in [0.4, 0.5) is 0 Å². The van der Waals surface area contributed by atoms with Crippen molar-refractivity contribution in [2.24, 2.45) is 0 Å². The van der Waals surface area contributed by atoms with Gasteiger partial charge in [0.2, 0.25) is 0 Å². The van der Waals surface area contributed by atoms with Gasteiger partial charge >= 0.3 is 5.97 Å². The maximum absolute atomic E-state index is 13.0. The second-order valence-corrected chi connectivity index (χ2v) is 11.4. The molecule has 2 saturated heterocycles. The fourth-order valence-electron chi connectivity index (χ4n) is 5.57. The highest BCUT2D eigenvalue weighted by Crippen LogP contribution is 2.19. The van der Waals surface area contributed by atoms with E-state index in [-0.39, 0.29) is 17.2 Å². The minimum atomic E-state index is -0.920. The van der Waals surface area contributed by atoms with Crippen LogP contribution in [0.1, 0.15) is 57.2 Å². The van der Waals surface area contributed by atoms with Crippen LogP contribution in [0.2, 0.25) is 0 Å². The summed E-state index contributed by atoms with van der Waals surface area (Å²) in [5.74, 6) is -0.625. The van der Waals surface area contributed by atoms with Crippen LogP contribution in [-0.2, 0) is 13.0 Å². The summed E-state index contributed by atoms with van der Waals surface area (Å²) in [6.45, 7) is 12.5. The lowest BCUT2D eigenvalue weighted by molar-refractivity contribution is 0.0690. The Morgan fingerprint density at radius 2 is 1.65 bits per heavy atom. The maximum Gasteiger partial charge on any atom is 0.335 e. The first-order valence-corrected chi connectivity index (χ1v) is 15.1. The van der Waals surface area contributed by atoms with Gasteiger partial charge in [-0.2, -0.15) is 0 Å². The van der Waals surface area contributed by atoms with E-state index in [0.29, 0.717) is 43.7 Å². The van der Waals surface area contributed by atoms with Crippen molar-refractivity contribution in [3.8, 4) is 5.75 Å². The molecule has 5 rings (SSSR count). The quantitative estimate of drug-likeness (QED) is 0.274. The number of carboxylic acids is 1. The molecular weight excluding hydrogens is 540 g/mol. The number of carbonyl (C=O) groups excluding carboxylic acids is 1. The molecule has 0 bridgehead atoms. The average molecular weight is 585 g/mol. The normalized spacial score (nSPS) is 17.5. The van der Waals surface area contributed by atoms with Crippen LogP contribution in [0.15, 0.2) is 85.5 Å². The predicted octanol–water partition coefficient (Wildman–Crippen LogP) is 4.54. The monoisotopic (exact) mass is 584 g/mol. The summed E-state index contributed by atoms with van der Waals surface area (Å²) >= 11 is 0. The van der Waals surface area contributed by atoms with E-state index in [9.17, 15) is 14.7 Å². The number of aromatic hydroxyl groups is 1. The van der Waals surface area contributed by atoms with Crippen LogP contribution >= 0.6 is 0 Å². The van der Waals surface area contributed by atoms with Gasteiger partial charge in [0.15, 0.2) is 0 Å². The molecular formula is C35H44N4O4. The summed E-state index contributed by atoms with van der Waals surface area (Å²) in [5, 5.41) is 25.6. The van der Waals surface area contributed by atoms with Gasteiger partial charge in [-0.1, -0.05) is 42.5 Å². The van der Waals surface area contributed by atoms with Crippen molar-refractivity contribution in [3.63, 3.8) is 0 Å². The van der Waals surface area contributed by atoms with E-state index in [1.54, 1.807) is 24.3 Å². The highest BCUT2D eigenvalue weighted by molar-refractivity contribution is 5.94. The van der Waals surface area contributed by atoms with Crippen LogP contribution in [0.25, 0.3) is 0 Å². The largest absolute Gasteiger partial charge is 0.508 e. The molecule has 0 saturated carbocycles. The van der Waals surface area contributed by atoms with E-state index in [1.807, 2.05) is 59.5 Å². The fourth-order valence-corrected chi connectivity index (χ4v) is 5.57. The third kappa shape index (κ3) is 10.1. The van der Waals surface area contributed by atoms with Gasteiger partial charge in [-0.15, -0.1) is 6.58 Å². The van der Waals surface area contributed by atoms with Gasteiger partial charge in [0.1, 0.15) is 5.75 Å². The third-order valence-electron chi connectivity index (χ3n) is 7.91. The van der Waals surface area contributed by atoms with Crippen molar-refractivity contribution in [1.29, 1.82) is 0 Å². The minimum absolute atomic E-state index is 0.0514. The molecule has 0 spiro atoms. The topological polar surface area (TPSA) is 105 Å². The number of benzene rings is 3. The molecule has 2 aliphatic heterocycles. The molecule has 2 aliphatic rings. The molecule has 0 aliphatic carbocycles. The molecule has 2 fully saturated rings. The number of amides is 1. The van der Waals surface area contributed by atoms with Gasteiger partial charge < -0.3 is 25.7 Å². The predicted molar refractivity (Wildman–Crippen MR) is 171 cm³/mol. The van der Waals surface area contributed by atoms with Gasteiger partial charge in [0, 0.05) is 63.5 Å². The van der Waals surface area contributed by atoms with Crippen LogP contribution in [-0.4, -0.2) is 83.2 Å². The van der Waals surface area contributed by atoms with E-state index >= 15 is 0 Å². The van der Waals surface area contributed by atoms with Crippen molar-refractivity contribution >= 4 is 11.9 Å². The summed E-state index contributed by atoms with van der Waals surface area (Å²) in [6, 6.07) is 22.8. The van der Waals surface area contributed by atoms with Gasteiger partial charge in [-0.25, -0.2) is 4.79 Å². The first-order valence-electron chi connectivity index (χ1n) is 15.1. The van der Waals surface area contributed by atoms with Gasteiger partial charge in [-0.05, 0) is 79.3 Å².